The average Bonchev–Trinajstić information content (AvgIpc) is 2.64. The molecular weight excluding hydrogens is 242 g/mol. The molecule has 0 saturated heterocycles. The standard InChI is InChI=1S/C11H10ClN3O2/c1-6-3-4-8(12)9(5-6)15-7(2)13-10(14-15)11(16)17/h3-5H,1-2H3,(H,16,17). The number of hydrogen-bond acceptors (Lipinski definition) is 3. The number of benzene rings is 1. The first kappa shape index (κ1) is 11.6. The zero-order valence-corrected chi connectivity index (χ0v) is 10.1. The largest absolute Gasteiger partial charge is 0.475 e. The molecule has 1 aromatic carbocycles. The molecule has 0 unspecified atom stereocenters. The minimum atomic E-state index is -1.16. The summed E-state index contributed by atoms with van der Waals surface area (Å²) in [5.74, 6) is -0.911. The number of aryl methyl sites for hydroxylation is 2. The third kappa shape index (κ3) is 2.14. The first-order valence-electron chi connectivity index (χ1n) is 4.92. The summed E-state index contributed by atoms with van der Waals surface area (Å²) >= 11 is 6.06. The lowest BCUT2D eigenvalue weighted by Gasteiger charge is -2.06. The highest BCUT2D eigenvalue weighted by Crippen LogP contribution is 2.22. The monoisotopic (exact) mass is 251 g/mol. The second-order valence-electron chi connectivity index (χ2n) is 3.65. The summed E-state index contributed by atoms with van der Waals surface area (Å²) < 4.78 is 1.43. The quantitative estimate of drug-likeness (QED) is 0.889. The first-order chi connectivity index (χ1) is 7.99. The number of aromatic carboxylic acids is 1. The van der Waals surface area contributed by atoms with Crippen molar-refractivity contribution in [2.75, 3.05) is 0 Å². The number of carboxylic acid groups (broad SMARTS) is 1. The van der Waals surface area contributed by atoms with Crippen molar-refractivity contribution in [2.24, 2.45) is 0 Å². The molecule has 0 atom stereocenters. The molecule has 17 heavy (non-hydrogen) atoms. The van der Waals surface area contributed by atoms with Crippen molar-refractivity contribution in [1.82, 2.24) is 14.8 Å². The molecule has 0 bridgehead atoms. The Kier molecular flexibility index (Phi) is 2.85. The van der Waals surface area contributed by atoms with Gasteiger partial charge in [-0.1, -0.05) is 17.7 Å². The van der Waals surface area contributed by atoms with Gasteiger partial charge in [-0.25, -0.2) is 14.5 Å². The fourth-order valence-electron chi connectivity index (χ4n) is 1.49. The van der Waals surface area contributed by atoms with Crippen LogP contribution in [0.5, 0.6) is 0 Å². The summed E-state index contributed by atoms with van der Waals surface area (Å²) in [7, 11) is 0. The maximum absolute atomic E-state index is 10.8. The van der Waals surface area contributed by atoms with Gasteiger partial charge < -0.3 is 5.11 Å². The Hall–Kier alpha value is -1.88. The zero-order chi connectivity index (χ0) is 12.6. The maximum atomic E-state index is 10.8. The second-order valence-corrected chi connectivity index (χ2v) is 4.06. The summed E-state index contributed by atoms with van der Waals surface area (Å²) in [5.41, 5.74) is 1.64. The molecule has 88 valence electrons. The van der Waals surface area contributed by atoms with E-state index >= 15 is 0 Å². The number of rotatable bonds is 2. The number of halogens is 1. The number of nitrogens with zero attached hydrogens (tertiary/aromatic N) is 3. The van der Waals surface area contributed by atoms with E-state index in [0.717, 1.165) is 5.56 Å². The van der Waals surface area contributed by atoms with E-state index in [1.54, 1.807) is 13.0 Å². The molecule has 1 heterocycles. The predicted molar refractivity (Wildman–Crippen MR) is 62.8 cm³/mol. The smallest absolute Gasteiger partial charge is 0.375 e. The second kappa shape index (κ2) is 4.18. The Morgan fingerprint density at radius 2 is 2.12 bits per heavy atom. The highest BCUT2D eigenvalue weighted by molar-refractivity contribution is 6.32. The third-order valence-corrected chi connectivity index (χ3v) is 2.61. The van der Waals surface area contributed by atoms with E-state index in [2.05, 4.69) is 10.1 Å². The Balaban J connectivity index is 2.60. The van der Waals surface area contributed by atoms with Crippen molar-refractivity contribution >= 4 is 17.6 Å². The molecule has 5 nitrogen and oxygen atoms in total. The Morgan fingerprint density at radius 1 is 1.41 bits per heavy atom. The molecule has 0 radical (unpaired) electrons. The summed E-state index contributed by atoms with van der Waals surface area (Å²) in [4.78, 5) is 14.6. The zero-order valence-electron chi connectivity index (χ0n) is 9.31. The predicted octanol–water partition coefficient (Wildman–Crippen LogP) is 2.24. The van der Waals surface area contributed by atoms with E-state index in [-0.39, 0.29) is 5.82 Å². The molecular formula is C11H10ClN3O2. The van der Waals surface area contributed by atoms with Crippen molar-refractivity contribution in [3.63, 3.8) is 0 Å². The van der Waals surface area contributed by atoms with Crippen LogP contribution < -0.4 is 0 Å². The van der Waals surface area contributed by atoms with Gasteiger partial charge in [0.2, 0.25) is 0 Å². The van der Waals surface area contributed by atoms with Gasteiger partial charge in [-0.3, -0.25) is 0 Å². The van der Waals surface area contributed by atoms with Gasteiger partial charge in [-0.15, -0.1) is 5.10 Å². The molecule has 0 aliphatic carbocycles. The van der Waals surface area contributed by atoms with E-state index in [4.69, 9.17) is 16.7 Å². The van der Waals surface area contributed by atoms with Crippen molar-refractivity contribution in [1.29, 1.82) is 0 Å². The average molecular weight is 252 g/mol. The van der Waals surface area contributed by atoms with Crippen LogP contribution in [0.25, 0.3) is 5.69 Å². The summed E-state index contributed by atoms with van der Waals surface area (Å²) in [5, 5.41) is 13.2. The van der Waals surface area contributed by atoms with Crippen LogP contribution in [0.4, 0.5) is 0 Å². The lowest BCUT2D eigenvalue weighted by molar-refractivity contribution is 0.0683. The topological polar surface area (TPSA) is 68.0 Å². The number of carboxylic acids is 1. The van der Waals surface area contributed by atoms with Gasteiger partial charge in [0.25, 0.3) is 5.82 Å². The lowest BCUT2D eigenvalue weighted by atomic mass is 10.2. The van der Waals surface area contributed by atoms with E-state index in [1.807, 2.05) is 19.1 Å². The Morgan fingerprint density at radius 3 is 2.71 bits per heavy atom. The summed E-state index contributed by atoms with van der Waals surface area (Å²) in [6.07, 6.45) is 0. The van der Waals surface area contributed by atoms with Crippen molar-refractivity contribution in [2.45, 2.75) is 13.8 Å². The summed E-state index contributed by atoms with van der Waals surface area (Å²) in [6.45, 7) is 3.60. The van der Waals surface area contributed by atoms with Gasteiger partial charge >= 0.3 is 5.97 Å². The normalized spacial score (nSPS) is 10.5. The Labute approximate surface area is 103 Å². The van der Waals surface area contributed by atoms with Gasteiger partial charge in [-0.05, 0) is 31.5 Å². The van der Waals surface area contributed by atoms with Crippen LogP contribution in [0.1, 0.15) is 22.0 Å². The number of hydrogen-bond donors (Lipinski definition) is 1. The molecule has 1 N–H and O–H groups in total. The molecule has 0 saturated carbocycles. The number of aromatic nitrogens is 3. The van der Waals surface area contributed by atoms with E-state index in [9.17, 15) is 4.79 Å². The summed E-state index contributed by atoms with van der Waals surface area (Å²) in [6, 6.07) is 5.44. The van der Waals surface area contributed by atoms with Crippen LogP contribution >= 0.6 is 11.6 Å². The SMILES string of the molecule is Cc1ccc(Cl)c(-n2nc(C(=O)O)nc2C)c1. The number of carbonyl (C=O) groups is 1. The fraction of sp³-hybridized carbons (Fsp3) is 0.182. The molecule has 0 amide bonds. The van der Waals surface area contributed by atoms with Gasteiger partial charge in [0.1, 0.15) is 5.82 Å². The van der Waals surface area contributed by atoms with Gasteiger partial charge in [0.05, 0.1) is 10.7 Å². The minimum absolute atomic E-state index is 0.236. The molecule has 0 aliphatic heterocycles. The van der Waals surface area contributed by atoms with Crippen LogP contribution in [0, 0.1) is 13.8 Å². The third-order valence-electron chi connectivity index (χ3n) is 2.29. The first-order valence-corrected chi connectivity index (χ1v) is 5.30. The molecule has 2 rings (SSSR count). The molecule has 1 aromatic heterocycles. The van der Waals surface area contributed by atoms with Gasteiger partial charge in [0, 0.05) is 0 Å². The van der Waals surface area contributed by atoms with Crippen LogP contribution in [0.3, 0.4) is 0 Å². The van der Waals surface area contributed by atoms with Crippen LogP contribution in [-0.2, 0) is 0 Å². The van der Waals surface area contributed by atoms with Crippen molar-refractivity contribution in [3.05, 3.63) is 40.4 Å². The van der Waals surface area contributed by atoms with Crippen molar-refractivity contribution in [3.8, 4) is 5.69 Å². The van der Waals surface area contributed by atoms with Crippen LogP contribution in [0.2, 0.25) is 5.02 Å². The molecule has 0 aliphatic rings. The van der Waals surface area contributed by atoms with E-state index in [1.165, 1.54) is 4.68 Å². The maximum Gasteiger partial charge on any atom is 0.375 e. The minimum Gasteiger partial charge on any atom is -0.475 e. The highest BCUT2D eigenvalue weighted by Gasteiger charge is 2.15. The van der Waals surface area contributed by atoms with Crippen LogP contribution in [-0.4, -0.2) is 25.8 Å². The Bertz CT molecular complexity index is 592. The van der Waals surface area contributed by atoms with Gasteiger partial charge in [0.15, 0.2) is 0 Å². The van der Waals surface area contributed by atoms with Crippen LogP contribution in [0.15, 0.2) is 18.2 Å². The van der Waals surface area contributed by atoms with E-state index < -0.39 is 5.97 Å². The molecule has 0 fully saturated rings. The fourth-order valence-corrected chi connectivity index (χ4v) is 1.69. The van der Waals surface area contributed by atoms with Gasteiger partial charge in [-0.2, -0.15) is 0 Å². The molecule has 2 aromatic rings. The van der Waals surface area contributed by atoms with Crippen molar-refractivity contribution < 1.29 is 9.90 Å². The molecule has 0 spiro atoms. The van der Waals surface area contributed by atoms with E-state index in [0.29, 0.717) is 16.5 Å². The highest BCUT2D eigenvalue weighted by atomic mass is 35.5. The lowest BCUT2D eigenvalue weighted by Crippen LogP contribution is -2.03. The molecule has 6 heteroatoms.